The van der Waals surface area contributed by atoms with Gasteiger partial charge in [0.2, 0.25) is 0 Å². The van der Waals surface area contributed by atoms with Gasteiger partial charge in [-0.3, -0.25) is 4.98 Å². The van der Waals surface area contributed by atoms with Gasteiger partial charge < -0.3 is 24.3 Å². The molecule has 2 fully saturated rings. The molecular weight excluding hydrogens is 540 g/mol. The lowest BCUT2D eigenvalue weighted by atomic mass is 9.96. The highest BCUT2D eigenvalue weighted by atomic mass is 35.5. The van der Waals surface area contributed by atoms with Gasteiger partial charge in [-0.1, -0.05) is 17.7 Å². The number of aromatic nitrogens is 2. The number of halogens is 1. The normalized spacial score (nSPS) is 19.2. The molecule has 0 spiro atoms. The van der Waals surface area contributed by atoms with Gasteiger partial charge in [0, 0.05) is 28.3 Å². The summed E-state index contributed by atoms with van der Waals surface area (Å²) < 4.78 is 14.2. The minimum Gasteiger partial charge on any atom is -0.495 e. The van der Waals surface area contributed by atoms with Crippen LogP contribution in [0.25, 0.3) is 5.69 Å². The zero-order valence-corrected chi connectivity index (χ0v) is 24.5. The predicted octanol–water partition coefficient (Wildman–Crippen LogP) is 7.65. The van der Waals surface area contributed by atoms with E-state index >= 15 is 0 Å². The maximum absolute atomic E-state index is 6.43. The van der Waals surface area contributed by atoms with E-state index in [2.05, 4.69) is 65.0 Å². The monoisotopic (exact) mass is 572 g/mol. The van der Waals surface area contributed by atoms with Gasteiger partial charge >= 0.3 is 0 Å². The van der Waals surface area contributed by atoms with E-state index in [1.54, 1.807) is 7.11 Å². The van der Waals surface area contributed by atoms with Crippen molar-refractivity contribution in [1.82, 2.24) is 14.9 Å². The molecule has 3 heterocycles. The number of thiocarbonyl (C=S) groups is 1. The molecule has 0 amide bonds. The Balaban J connectivity index is 1.43. The van der Waals surface area contributed by atoms with E-state index in [0.717, 1.165) is 58.4 Å². The Labute approximate surface area is 245 Å². The van der Waals surface area contributed by atoms with E-state index in [1.165, 1.54) is 12.8 Å². The maximum Gasteiger partial charge on any atom is 0.174 e. The highest BCUT2D eigenvalue weighted by Crippen LogP contribution is 2.44. The van der Waals surface area contributed by atoms with Crippen molar-refractivity contribution >= 4 is 34.6 Å². The van der Waals surface area contributed by atoms with Crippen LogP contribution in [-0.4, -0.2) is 27.9 Å². The summed E-state index contributed by atoms with van der Waals surface area (Å²) in [6.07, 6.45) is 6.88. The smallest absolute Gasteiger partial charge is 0.174 e. The highest BCUT2D eigenvalue weighted by Gasteiger charge is 2.42. The van der Waals surface area contributed by atoms with Gasteiger partial charge in [0.25, 0.3) is 0 Å². The van der Waals surface area contributed by atoms with Crippen LogP contribution in [0.1, 0.15) is 60.4 Å². The molecule has 2 aliphatic rings. The maximum atomic E-state index is 6.43. The van der Waals surface area contributed by atoms with Crippen LogP contribution in [0.15, 0.2) is 72.9 Å². The summed E-state index contributed by atoms with van der Waals surface area (Å²) in [6.45, 7) is 4.24. The minimum absolute atomic E-state index is 0.130. The summed E-state index contributed by atoms with van der Waals surface area (Å²) >= 11 is 12.4. The van der Waals surface area contributed by atoms with Crippen LogP contribution >= 0.6 is 23.8 Å². The van der Waals surface area contributed by atoms with Crippen molar-refractivity contribution in [3.63, 3.8) is 0 Å². The Morgan fingerprint density at radius 3 is 2.48 bits per heavy atom. The van der Waals surface area contributed by atoms with E-state index in [0.29, 0.717) is 16.2 Å². The number of anilines is 1. The third-order valence-corrected chi connectivity index (χ3v) is 8.54. The van der Waals surface area contributed by atoms with Gasteiger partial charge in [0.1, 0.15) is 11.5 Å². The molecular formula is C32H33ClN4O2S. The second-order valence-electron chi connectivity index (χ2n) is 10.5. The van der Waals surface area contributed by atoms with Crippen molar-refractivity contribution in [3.05, 3.63) is 101 Å². The number of pyridine rings is 1. The van der Waals surface area contributed by atoms with Crippen LogP contribution < -0.4 is 19.7 Å². The second-order valence-corrected chi connectivity index (χ2v) is 11.3. The number of hydrogen-bond acceptors (Lipinski definition) is 4. The molecule has 0 unspecified atom stereocenters. The SMILES string of the molecule is COc1ccc(Cl)cc1-n1c(C)cc([C@H]2[C@H](c3ccccn3)NC(=S)N2c2ccc(OC3CCCC3)cc2)c1C. The molecule has 40 heavy (non-hydrogen) atoms. The number of nitrogens with zero attached hydrogens (tertiary/aromatic N) is 3. The highest BCUT2D eigenvalue weighted by molar-refractivity contribution is 7.80. The molecule has 2 atom stereocenters. The first kappa shape index (κ1) is 26.7. The fourth-order valence-corrected chi connectivity index (χ4v) is 6.64. The van der Waals surface area contributed by atoms with Crippen molar-refractivity contribution in [3.8, 4) is 17.2 Å². The number of benzene rings is 2. The Hall–Kier alpha value is -3.55. The molecule has 1 aliphatic carbocycles. The van der Waals surface area contributed by atoms with E-state index in [4.69, 9.17) is 38.3 Å². The zero-order chi connectivity index (χ0) is 27.8. The van der Waals surface area contributed by atoms with Crippen LogP contribution in [-0.2, 0) is 0 Å². The van der Waals surface area contributed by atoms with Gasteiger partial charge in [-0.05, 0) is 118 Å². The minimum atomic E-state index is -0.140. The Kier molecular flexibility index (Phi) is 7.43. The molecule has 2 aromatic carbocycles. The summed E-state index contributed by atoms with van der Waals surface area (Å²) in [4.78, 5) is 6.92. The van der Waals surface area contributed by atoms with Crippen LogP contribution in [0.4, 0.5) is 5.69 Å². The zero-order valence-electron chi connectivity index (χ0n) is 22.9. The first-order valence-corrected chi connectivity index (χ1v) is 14.5. The third kappa shape index (κ3) is 4.93. The summed E-state index contributed by atoms with van der Waals surface area (Å²) in [6, 6.07) is 22.0. The summed E-state index contributed by atoms with van der Waals surface area (Å²) in [7, 11) is 1.68. The average molecular weight is 573 g/mol. The Morgan fingerprint density at radius 2 is 1.77 bits per heavy atom. The summed E-state index contributed by atoms with van der Waals surface area (Å²) in [5.74, 6) is 1.66. The second kappa shape index (κ2) is 11.1. The van der Waals surface area contributed by atoms with Crippen molar-refractivity contribution in [1.29, 1.82) is 0 Å². The molecule has 2 aromatic heterocycles. The van der Waals surface area contributed by atoms with E-state index < -0.39 is 0 Å². The molecule has 0 radical (unpaired) electrons. The molecule has 6 nitrogen and oxygen atoms in total. The quantitative estimate of drug-likeness (QED) is 0.230. The topological polar surface area (TPSA) is 51.5 Å². The fourth-order valence-electron chi connectivity index (χ4n) is 6.13. The number of nitrogens with one attached hydrogen (secondary N) is 1. The summed E-state index contributed by atoms with van der Waals surface area (Å²) in [5, 5.41) is 4.89. The number of ether oxygens (including phenoxy) is 2. The standard InChI is InChI=1S/C32H33ClN4O2S/c1-20-18-26(21(2)36(20)28-19-22(33)11-16-29(28)38-3)31-30(27-10-6-7-17-34-27)35-32(40)37(31)23-12-14-25(15-13-23)39-24-8-4-5-9-24/h6-7,10-19,24,30-31H,4-5,8-9H2,1-3H3,(H,35,40)/t30-,31-/m0/s1. The van der Waals surface area contributed by atoms with Gasteiger partial charge in [0.15, 0.2) is 5.11 Å². The van der Waals surface area contributed by atoms with Crippen molar-refractivity contribution in [2.75, 3.05) is 12.0 Å². The van der Waals surface area contributed by atoms with Crippen molar-refractivity contribution in [2.45, 2.75) is 57.7 Å². The molecule has 1 N–H and O–H groups in total. The van der Waals surface area contributed by atoms with E-state index in [1.807, 2.05) is 36.5 Å². The van der Waals surface area contributed by atoms with Gasteiger partial charge in [0.05, 0.1) is 36.7 Å². The summed E-state index contributed by atoms with van der Waals surface area (Å²) in [5.41, 5.74) is 6.15. The van der Waals surface area contributed by atoms with Gasteiger partial charge in [-0.2, -0.15) is 0 Å². The number of rotatable bonds is 7. The number of methoxy groups -OCH3 is 1. The van der Waals surface area contributed by atoms with E-state index in [9.17, 15) is 0 Å². The number of hydrogen-bond donors (Lipinski definition) is 1. The average Bonchev–Trinajstić information content (AvgIpc) is 3.67. The van der Waals surface area contributed by atoms with Crippen LogP contribution in [0, 0.1) is 13.8 Å². The van der Waals surface area contributed by atoms with Crippen molar-refractivity contribution < 1.29 is 9.47 Å². The lowest BCUT2D eigenvalue weighted by molar-refractivity contribution is 0.210. The molecule has 1 aliphatic heterocycles. The van der Waals surface area contributed by atoms with E-state index in [-0.39, 0.29) is 12.1 Å². The van der Waals surface area contributed by atoms with Crippen LogP contribution in [0.3, 0.4) is 0 Å². The lowest BCUT2D eigenvalue weighted by Crippen LogP contribution is -2.29. The van der Waals surface area contributed by atoms with Gasteiger partial charge in [-0.15, -0.1) is 0 Å². The Bertz CT molecular complexity index is 1520. The molecule has 1 saturated carbocycles. The largest absolute Gasteiger partial charge is 0.495 e. The lowest BCUT2D eigenvalue weighted by Gasteiger charge is -2.28. The fraction of sp³-hybridized carbons (Fsp3) is 0.312. The van der Waals surface area contributed by atoms with Crippen LogP contribution in [0.2, 0.25) is 5.02 Å². The molecule has 8 heteroatoms. The molecule has 0 bridgehead atoms. The molecule has 4 aromatic rings. The molecule has 6 rings (SSSR count). The first-order valence-electron chi connectivity index (χ1n) is 13.7. The number of aryl methyl sites for hydroxylation is 1. The van der Waals surface area contributed by atoms with Gasteiger partial charge in [-0.25, -0.2) is 0 Å². The van der Waals surface area contributed by atoms with Crippen molar-refractivity contribution in [2.24, 2.45) is 0 Å². The molecule has 206 valence electrons. The Morgan fingerprint density at radius 1 is 1.00 bits per heavy atom. The van der Waals surface area contributed by atoms with Crippen LogP contribution in [0.5, 0.6) is 11.5 Å². The first-order chi connectivity index (χ1) is 19.4. The predicted molar refractivity (Wildman–Crippen MR) is 164 cm³/mol. The third-order valence-electron chi connectivity index (χ3n) is 7.99. The molecule has 1 saturated heterocycles.